The molecule has 0 aliphatic carbocycles. The Morgan fingerprint density at radius 1 is 1.16 bits per heavy atom. The minimum absolute atomic E-state index is 0.356. The third-order valence-corrected chi connectivity index (χ3v) is 2.77. The quantitative estimate of drug-likeness (QED) is 0.919. The Kier molecular flexibility index (Phi) is 3.97. The van der Waals surface area contributed by atoms with Gasteiger partial charge >= 0.3 is 0 Å². The van der Waals surface area contributed by atoms with Crippen LogP contribution in [0.15, 0.2) is 36.5 Å². The van der Waals surface area contributed by atoms with Gasteiger partial charge in [-0.3, -0.25) is 0 Å². The molecule has 0 fully saturated rings. The van der Waals surface area contributed by atoms with Crippen molar-refractivity contribution in [3.8, 4) is 11.6 Å². The van der Waals surface area contributed by atoms with Crippen molar-refractivity contribution in [2.24, 2.45) is 0 Å². The molecule has 0 aliphatic rings. The van der Waals surface area contributed by atoms with E-state index in [2.05, 4.69) is 4.98 Å². The van der Waals surface area contributed by atoms with E-state index in [4.69, 9.17) is 9.47 Å². The number of pyridine rings is 1. The molecule has 0 radical (unpaired) electrons. The number of methoxy groups -OCH3 is 2. The average Bonchev–Trinajstić information content (AvgIpc) is 2.46. The van der Waals surface area contributed by atoms with Crippen molar-refractivity contribution in [2.45, 2.75) is 6.10 Å². The first-order valence-corrected chi connectivity index (χ1v) is 5.67. The van der Waals surface area contributed by atoms with Crippen LogP contribution in [0.1, 0.15) is 17.2 Å². The highest BCUT2D eigenvalue weighted by atomic mass is 19.1. The minimum Gasteiger partial charge on any atom is -0.496 e. The van der Waals surface area contributed by atoms with Crippen LogP contribution in [-0.2, 0) is 0 Å². The zero-order valence-electron chi connectivity index (χ0n) is 10.6. The summed E-state index contributed by atoms with van der Waals surface area (Å²) in [4.78, 5) is 4.00. The average molecular weight is 263 g/mol. The maximum absolute atomic E-state index is 13.3. The summed E-state index contributed by atoms with van der Waals surface area (Å²) in [6, 6.07) is 7.30. The normalized spacial score (nSPS) is 12.0. The molecule has 1 N–H and O–H groups in total. The fraction of sp³-hybridized carbons (Fsp3) is 0.214. The van der Waals surface area contributed by atoms with E-state index in [1.54, 1.807) is 12.1 Å². The maximum Gasteiger partial charge on any atom is 0.212 e. The summed E-state index contributed by atoms with van der Waals surface area (Å²) in [7, 11) is 2.98. The topological polar surface area (TPSA) is 51.6 Å². The molecule has 0 amide bonds. The molecule has 4 nitrogen and oxygen atoms in total. The van der Waals surface area contributed by atoms with Crippen LogP contribution >= 0.6 is 0 Å². The standard InChI is InChI=1S/C14H14FNO3/c1-18-12-5-4-10(15)7-11(12)14(17)9-3-6-13(19-2)16-8-9/h3-8,14,17H,1-2H3. The van der Waals surface area contributed by atoms with Gasteiger partial charge in [-0.05, 0) is 24.3 Å². The van der Waals surface area contributed by atoms with Gasteiger partial charge in [-0.15, -0.1) is 0 Å². The minimum atomic E-state index is -1.01. The molecule has 2 rings (SSSR count). The number of hydrogen-bond acceptors (Lipinski definition) is 4. The van der Waals surface area contributed by atoms with Gasteiger partial charge in [0.2, 0.25) is 5.88 Å². The highest BCUT2D eigenvalue weighted by Gasteiger charge is 2.16. The summed E-state index contributed by atoms with van der Waals surface area (Å²) in [6.07, 6.45) is 0.470. The second-order valence-electron chi connectivity index (χ2n) is 3.92. The Balaban J connectivity index is 2.36. The predicted octanol–water partition coefficient (Wildman–Crippen LogP) is 2.32. The molecule has 1 unspecified atom stereocenters. The molecule has 1 atom stereocenters. The number of aliphatic hydroxyl groups excluding tert-OH is 1. The van der Waals surface area contributed by atoms with Crippen LogP contribution in [0.25, 0.3) is 0 Å². The van der Waals surface area contributed by atoms with Crippen LogP contribution in [-0.4, -0.2) is 24.3 Å². The van der Waals surface area contributed by atoms with Crippen molar-refractivity contribution in [1.29, 1.82) is 0 Å². The van der Waals surface area contributed by atoms with Crippen molar-refractivity contribution in [2.75, 3.05) is 14.2 Å². The van der Waals surface area contributed by atoms with Crippen molar-refractivity contribution < 1.29 is 19.0 Å². The fourth-order valence-electron chi connectivity index (χ4n) is 1.77. The number of nitrogens with zero attached hydrogens (tertiary/aromatic N) is 1. The first-order chi connectivity index (χ1) is 9.15. The van der Waals surface area contributed by atoms with Crippen molar-refractivity contribution in [1.82, 2.24) is 4.98 Å². The van der Waals surface area contributed by atoms with E-state index in [0.29, 0.717) is 22.8 Å². The van der Waals surface area contributed by atoms with Gasteiger partial charge in [0.1, 0.15) is 17.7 Å². The molecular weight excluding hydrogens is 249 g/mol. The largest absolute Gasteiger partial charge is 0.496 e. The van der Waals surface area contributed by atoms with E-state index in [-0.39, 0.29) is 0 Å². The third kappa shape index (κ3) is 2.82. The predicted molar refractivity (Wildman–Crippen MR) is 67.8 cm³/mol. The van der Waals surface area contributed by atoms with Crippen LogP contribution in [0.4, 0.5) is 4.39 Å². The summed E-state index contributed by atoms with van der Waals surface area (Å²) in [5.41, 5.74) is 0.888. The Hall–Kier alpha value is -2.14. The number of rotatable bonds is 4. The van der Waals surface area contributed by atoms with Crippen LogP contribution in [0.2, 0.25) is 0 Å². The third-order valence-electron chi connectivity index (χ3n) is 2.77. The van der Waals surface area contributed by atoms with Crippen LogP contribution in [0.3, 0.4) is 0 Å². The Labute approximate surface area is 110 Å². The van der Waals surface area contributed by atoms with Crippen LogP contribution in [0.5, 0.6) is 11.6 Å². The molecule has 0 saturated carbocycles. The Morgan fingerprint density at radius 2 is 1.95 bits per heavy atom. The van der Waals surface area contributed by atoms with E-state index in [1.807, 2.05) is 0 Å². The highest BCUT2D eigenvalue weighted by Crippen LogP contribution is 2.30. The molecule has 1 heterocycles. The van der Waals surface area contributed by atoms with E-state index >= 15 is 0 Å². The molecule has 1 aromatic carbocycles. The van der Waals surface area contributed by atoms with Gasteiger partial charge in [-0.1, -0.05) is 0 Å². The van der Waals surface area contributed by atoms with Gasteiger partial charge in [0.15, 0.2) is 0 Å². The molecule has 5 heteroatoms. The molecule has 100 valence electrons. The summed E-state index contributed by atoms with van der Waals surface area (Å²) >= 11 is 0. The number of benzene rings is 1. The van der Waals surface area contributed by atoms with E-state index in [9.17, 15) is 9.50 Å². The first-order valence-electron chi connectivity index (χ1n) is 5.67. The van der Waals surface area contributed by atoms with Crippen molar-refractivity contribution in [3.05, 3.63) is 53.5 Å². The van der Waals surface area contributed by atoms with Gasteiger partial charge < -0.3 is 14.6 Å². The van der Waals surface area contributed by atoms with Gasteiger partial charge in [0, 0.05) is 23.4 Å². The lowest BCUT2D eigenvalue weighted by Crippen LogP contribution is -2.04. The van der Waals surface area contributed by atoms with Crippen LogP contribution < -0.4 is 9.47 Å². The smallest absolute Gasteiger partial charge is 0.212 e. The molecular formula is C14H14FNO3. The van der Waals surface area contributed by atoms with Gasteiger partial charge in [-0.2, -0.15) is 0 Å². The molecule has 1 aromatic heterocycles. The number of aromatic nitrogens is 1. The Morgan fingerprint density at radius 3 is 2.53 bits per heavy atom. The highest BCUT2D eigenvalue weighted by molar-refractivity contribution is 5.40. The van der Waals surface area contributed by atoms with Gasteiger partial charge in [0.05, 0.1) is 14.2 Å². The molecule has 2 aromatic rings. The number of hydrogen-bond donors (Lipinski definition) is 1. The fourth-order valence-corrected chi connectivity index (χ4v) is 1.77. The molecule has 0 aliphatic heterocycles. The second kappa shape index (κ2) is 5.67. The SMILES string of the molecule is COc1ccc(C(O)c2cc(F)ccc2OC)cn1. The summed E-state index contributed by atoms with van der Waals surface area (Å²) in [5, 5.41) is 10.3. The lowest BCUT2D eigenvalue weighted by Gasteiger charge is -2.15. The number of halogens is 1. The Bertz CT molecular complexity index is 557. The van der Waals surface area contributed by atoms with E-state index in [1.165, 1.54) is 38.6 Å². The molecule has 0 bridgehead atoms. The van der Waals surface area contributed by atoms with E-state index in [0.717, 1.165) is 0 Å². The maximum atomic E-state index is 13.3. The van der Waals surface area contributed by atoms with Gasteiger partial charge in [-0.25, -0.2) is 9.37 Å². The lowest BCUT2D eigenvalue weighted by molar-refractivity contribution is 0.213. The summed E-state index contributed by atoms with van der Waals surface area (Å²) in [5.74, 6) is 0.434. The van der Waals surface area contributed by atoms with Gasteiger partial charge in [0.25, 0.3) is 0 Å². The molecule has 19 heavy (non-hydrogen) atoms. The van der Waals surface area contributed by atoms with E-state index < -0.39 is 11.9 Å². The van der Waals surface area contributed by atoms with Crippen molar-refractivity contribution in [3.63, 3.8) is 0 Å². The number of aliphatic hydroxyl groups is 1. The second-order valence-corrected chi connectivity index (χ2v) is 3.92. The first kappa shape index (κ1) is 13.3. The molecule has 0 saturated heterocycles. The zero-order valence-corrected chi connectivity index (χ0v) is 10.6. The summed E-state index contributed by atoms with van der Waals surface area (Å²) < 4.78 is 23.3. The monoisotopic (exact) mass is 263 g/mol. The molecule has 0 spiro atoms. The van der Waals surface area contributed by atoms with Crippen LogP contribution in [0, 0.1) is 5.82 Å². The van der Waals surface area contributed by atoms with Crippen molar-refractivity contribution >= 4 is 0 Å². The lowest BCUT2D eigenvalue weighted by atomic mass is 10.0. The summed E-state index contributed by atoms with van der Waals surface area (Å²) in [6.45, 7) is 0. The zero-order chi connectivity index (χ0) is 13.8. The number of ether oxygens (including phenoxy) is 2.